The van der Waals surface area contributed by atoms with Gasteiger partial charge in [-0.3, -0.25) is 0 Å². The Bertz CT molecular complexity index is 490. The molecular formula is C15H20N2O3. The summed E-state index contributed by atoms with van der Waals surface area (Å²) in [5.74, 6) is 0.580. The molecule has 1 saturated heterocycles. The number of methoxy groups -OCH3 is 1. The van der Waals surface area contributed by atoms with Gasteiger partial charge in [0.2, 0.25) is 0 Å². The average molecular weight is 276 g/mol. The summed E-state index contributed by atoms with van der Waals surface area (Å²) in [5, 5.41) is 22.5. The second-order valence-electron chi connectivity index (χ2n) is 5.09. The van der Waals surface area contributed by atoms with E-state index in [1.807, 2.05) is 12.1 Å². The third-order valence-corrected chi connectivity index (χ3v) is 3.59. The van der Waals surface area contributed by atoms with Crippen molar-refractivity contribution in [2.24, 2.45) is 0 Å². The second kappa shape index (κ2) is 6.71. The average Bonchev–Trinajstić information content (AvgIpc) is 2.47. The molecule has 0 saturated carbocycles. The molecule has 0 aromatic heterocycles. The van der Waals surface area contributed by atoms with E-state index >= 15 is 0 Å². The summed E-state index contributed by atoms with van der Waals surface area (Å²) >= 11 is 0. The highest BCUT2D eigenvalue weighted by Crippen LogP contribution is 2.21. The standard InChI is InChI=1S/C15H20N2O3/c1-19-14-8-12(2-3-13(14)9-16)10-17-11-15(18)4-6-20-7-5-15/h2-3,8,17-18H,4-7,10-11H2,1H3. The van der Waals surface area contributed by atoms with Gasteiger partial charge < -0.3 is 19.9 Å². The molecule has 0 atom stereocenters. The molecule has 0 spiro atoms. The Balaban J connectivity index is 1.89. The van der Waals surface area contributed by atoms with E-state index in [-0.39, 0.29) is 0 Å². The van der Waals surface area contributed by atoms with Gasteiger partial charge in [0, 0.05) is 39.1 Å². The highest BCUT2D eigenvalue weighted by atomic mass is 16.5. The molecule has 5 nitrogen and oxygen atoms in total. The zero-order valence-electron chi connectivity index (χ0n) is 11.7. The fourth-order valence-corrected chi connectivity index (χ4v) is 2.31. The van der Waals surface area contributed by atoms with E-state index in [1.165, 1.54) is 0 Å². The molecule has 0 amide bonds. The first kappa shape index (κ1) is 14.8. The lowest BCUT2D eigenvalue weighted by Crippen LogP contribution is -2.44. The number of benzene rings is 1. The van der Waals surface area contributed by atoms with Crippen LogP contribution in [0, 0.1) is 11.3 Å². The summed E-state index contributed by atoms with van der Waals surface area (Å²) in [6, 6.07) is 7.58. The van der Waals surface area contributed by atoms with Crippen molar-refractivity contribution >= 4 is 0 Å². The van der Waals surface area contributed by atoms with Crippen molar-refractivity contribution in [3.63, 3.8) is 0 Å². The zero-order chi connectivity index (χ0) is 14.4. The maximum absolute atomic E-state index is 10.3. The minimum Gasteiger partial charge on any atom is -0.495 e. The molecule has 1 fully saturated rings. The van der Waals surface area contributed by atoms with Crippen LogP contribution >= 0.6 is 0 Å². The molecule has 1 heterocycles. The Morgan fingerprint density at radius 1 is 1.45 bits per heavy atom. The number of ether oxygens (including phenoxy) is 2. The van der Waals surface area contributed by atoms with E-state index in [2.05, 4.69) is 11.4 Å². The van der Waals surface area contributed by atoms with Crippen LogP contribution in [0.1, 0.15) is 24.0 Å². The van der Waals surface area contributed by atoms with Gasteiger partial charge >= 0.3 is 0 Å². The van der Waals surface area contributed by atoms with Gasteiger partial charge in [0.25, 0.3) is 0 Å². The van der Waals surface area contributed by atoms with Crippen molar-refractivity contribution in [1.29, 1.82) is 5.26 Å². The second-order valence-corrected chi connectivity index (χ2v) is 5.09. The third kappa shape index (κ3) is 3.70. The normalized spacial score (nSPS) is 17.4. The van der Waals surface area contributed by atoms with Crippen LogP contribution in [0.4, 0.5) is 0 Å². The van der Waals surface area contributed by atoms with E-state index in [0.29, 0.717) is 50.5 Å². The van der Waals surface area contributed by atoms with Gasteiger partial charge in [0.05, 0.1) is 18.3 Å². The number of nitriles is 1. The molecule has 2 rings (SSSR count). The SMILES string of the molecule is COc1cc(CNCC2(O)CCOCC2)ccc1C#N. The number of nitrogens with zero attached hydrogens (tertiary/aromatic N) is 1. The predicted molar refractivity (Wildman–Crippen MR) is 74.4 cm³/mol. The van der Waals surface area contributed by atoms with Crippen LogP contribution in [0.5, 0.6) is 5.75 Å². The quantitative estimate of drug-likeness (QED) is 0.845. The van der Waals surface area contributed by atoms with Crippen LogP contribution < -0.4 is 10.1 Å². The van der Waals surface area contributed by atoms with Crippen molar-refractivity contribution in [2.75, 3.05) is 26.9 Å². The molecule has 108 valence electrons. The van der Waals surface area contributed by atoms with Crippen LogP contribution in [0.15, 0.2) is 18.2 Å². The summed E-state index contributed by atoms with van der Waals surface area (Å²) in [4.78, 5) is 0. The van der Waals surface area contributed by atoms with Gasteiger partial charge in [0.1, 0.15) is 11.8 Å². The highest BCUT2D eigenvalue weighted by Gasteiger charge is 2.29. The Morgan fingerprint density at radius 2 is 2.20 bits per heavy atom. The molecule has 0 unspecified atom stereocenters. The Morgan fingerprint density at radius 3 is 2.85 bits per heavy atom. The molecule has 0 aliphatic carbocycles. The number of hydrogen-bond acceptors (Lipinski definition) is 5. The fourth-order valence-electron chi connectivity index (χ4n) is 2.31. The summed E-state index contributed by atoms with van der Waals surface area (Å²) in [6.07, 6.45) is 1.33. The Labute approximate surface area is 119 Å². The van der Waals surface area contributed by atoms with Gasteiger partial charge in [0.15, 0.2) is 0 Å². The molecule has 5 heteroatoms. The minimum atomic E-state index is -0.672. The first-order valence-electron chi connectivity index (χ1n) is 6.75. The van der Waals surface area contributed by atoms with Gasteiger partial charge in [-0.25, -0.2) is 0 Å². The number of nitrogens with one attached hydrogen (secondary N) is 1. The smallest absolute Gasteiger partial charge is 0.136 e. The molecule has 20 heavy (non-hydrogen) atoms. The first-order chi connectivity index (χ1) is 9.67. The molecule has 1 aliphatic heterocycles. The van der Waals surface area contributed by atoms with Crippen molar-refractivity contribution < 1.29 is 14.6 Å². The van der Waals surface area contributed by atoms with E-state index in [9.17, 15) is 5.11 Å². The van der Waals surface area contributed by atoms with Crippen LogP contribution in [0.25, 0.3) is 0 Å². The van der Waals surface area contributed by atoms with E-state index in [4.69, 9.17) is 14.7 Å². The third-order valence-electron chi connectivity index (χ3n) is 3.59. The molecule has 2 N–H and O–H groups in total. The highest BCUT2D eigenvalue weighted by molar-refractivity contribution is 5.45. The van der Waals surface area contributed by atoms with Crippen LogP contribution in [0.2, 0.25) is 0 Å². The van der Waals surface area contributed by atoms with Crippen LogP contribution in [-0.2, 0) is 11.3 Å². The van der Waals surface area contributed by atoms with E-state index in [1.54, 1.807) is 13.2 Å². The van der Waals surface area contributed by atoms with Crippen LogP contribution in [0.3, 0.4) is 0 Å². The monoisotopic (exact) mass is 276 g/mol. The summed E-state index contributed by atoms with van der Waals surface area (Å²) < 4.78 is 10.4. The van der Waals surface area contributed by atoms with Crippen molar-refractivity contribution in [3.05, 3.63) is 29.3 Å². The van der Waals surface area contributed by atoms with Crippen LogP contribution in [-0.4, -0.2) is 37.6 Å². The molecular weight excluding hydrogens is 256 g/mol. The van der Waals surface area contributed by atoms with Crippen molar-refractivity contribution in [2.45, 2.75) is 25.0 Å². The summed E-state index contributed by atoms with van der Waals surface area (Å²) in [5.41, 5.74) is 0.880. The fraction of sp³-hybridized carbons (Fsp3) is 0.533. The van der Waals surface area contributed by atoms with Crippen molar-refractivity contribution in [1.82, 2.24) is 5.32 Å². The lowest BCUT2D eigenvalue weighted by atomic mass is 9.94. The van der Waals surface area contributed by atoms with E-state index in [0.717, 1.165) is 5.56 Å². The van der Waals surface area contributed by atoms with Gasteiger partial charge in [-0.05, 0) is 17.7 Å². The maximum atomic E-state index is 10.3. The summed E-state index contributed by atoms with van der Waals surface area (Å²) in [7, 11) is 1.55. The first-order valence-corrected chi connectivity index (χ1v) is 6.75. The molecule has 1 aliphatic rings. The Hall–Kier alpha value is -1.61. The van der Waals surface area contributed by atoms with Gasteiger partial charge in [-0.2, -0.15) is 5.26 Å². The number of hydrogen-bond donors (Lipinski definition) is 2. The number of rotatable bonds is 5. The predicted octanol–water partition coefficient (Wildman–Crippen LogP) is 1.20. The largest absolute Gasteiger partial charge is 0.495 e. The van der Waals surface area contributed by atoms with Gasteiger partial charge in [-0.1, -0.05) is 6.07 Å². The molecule has 1 aromatic carbocycles. The lowest BCUT2D eigenvalue weighted by molar-refractivity contribution is -0.0617. The minimum absolute atomic E-state index is 0.527. The maximum Gasteiger partial charge on any atom is 0.136 e. The number of aliphatic hydroxyl groups is 1. The Kier molecular flexibility index (Phi) is 4.96. The lowest BCUT2D eigenvalue weighted by Gasteiger charge is -2.32. The van der Waals surface area contributed by atoms with Gasteiger partial charge in [-0.15, -0.1) is 0 Å². The molecule has 0 bridgehead atoms. The topological polar surface area (TPSA) is 74.5 Å². The molecule has 0 radical (unpaired) electrons. The molecule has 1 aromatic rings. The van der Waals surface area contributed by atoms with Crippen molar-refractivity contribution in [3.8, 4) is 11.8 Å². The summed E-state index contributed by atoms with van der Waals surface area (Å²) in [6.45, 7) is 2.40. The van der Waals surface area contributed by atoms with E-state index < -0.39 is 5.60 Å². The zero-order valence-corrected chi connectivity index (χ0v) is 11.7.